The SMILES string of the molecule is CCCCOc1cc(F)c(CCN2C[C@H](O)[C@@H](O)[C@H](O)[C@@H]2C)c(F)c1. The molecule has 1 heterocycles. The number of β-amino-alcohol motifs (C(OH)–C–C–N with tert-alkyl or cyclic N) is 1. The van der Waals surface area contributed by atoms with Gasteiger partial charge in [-0.1, -0.05) is 13.3 Å². The highest BCUT2D eigenvalue weighted by Gasteiger charge is 2.38. The van der Waals surface area contributed by atoms with Crippen molar-refractivity contribution in [3.8, 4) is 5.75 Å². The molecule has 0 bridgehead atoms. The van der Waals surface area contributed by atoms with E-state index >= 15 is 0 Å². The lowest BCUT2D eigenvalue weighted by Gasteiger charge is -2.42. The Morgan fingerprint density at radius 3 is 2.40 bits per heavy atom. The molecule has 0 radical (unpaired) electrons. The van der Waals surface area contributed by atoms with Crippen LogP contribution in [0.3, 0.4) is 0 Å². The summed E-state index contributed by atoms with van der Waals surface area (Å²) in [4.78, 5) is 1.71. The number of benzene rings is 1. The molecular formula is C18H27F2NO4. The van der Waals surface area contributed by atoms with Gasteiger partial charge in [-0.2, -0.15) is 0 Å². The van der Waals surface area contributed by atoms with Gasteiger partial charge in [-0.25, -0.2) is 8.78 Å². The second-order valence-electron chi connectivity index (χ2n) is 6.60. The maximum Gasteiger partial charge on any atom is 0.133 e. The summed E-state index contributed by atoms with van der Waals surface area (Å²) < 4.78 is 33.7. The third-order valence-electron chi connectivity index (χ3n) is 4.77. The molecule has 0 aliphatic carbocycles. The summed E-state index contributed by atoms with van der Waals surface area (Å²) in [6.45, 7) is 4.52. The average Bonchev–Trinajstić information content (AvgIpc) is 2.56. The van der Waals surface area contributed by atoms with Gasteiger partial charge in [0.1, 0.15) is 23.5 Å². The second kappa shape index (κ2) is 8.89. The first-order valence-electron chi connectivity index (χ1n) is 8.74. The van der Waals surface area contributed by atoms with Gasteiger partial charge in [0.25, 0.3) is 0 Å². The fourth-order valence-electron chi connectivity index (χ4n) is 3.03. The van der Waals surface area contributed by atoms with E-state index in [1.165, 1.54) is 12.1 Å². The number of piperidine rings is 1. The van der Waals surface area contributed by atoms with Crippen molar-refractivity contribution < 1.29 is 28.8 Å². The lowest BCUT2D eigenvalue weighted by molar-refractivity contribution is -0.132. The Labute approximate surface area is 146 Å². The minimum absolute atomic E-state index is 0.0508. The Morgan fingerprint density at radius 2 is 1.80 bits per heavy atom. The summed E-state index contributed by atoms with van der Waals surface area (Å²) in [6, 6.07) is 1.95. The topological polar surface area (TPSA) is 73.2 Å². The molecule has 2 rings (SSSR count). The lowest BCUT2D eigenvalue weighted by atomic mass is 9.94. The van der Waals surface area contributed by atoms with E-state index < -0.39 is 36.0 Å². The molecule has 4 atom stereocenters. The van der Waals surface area contributed by atoms with Crippen molar-refractivity contribution >= 4 is 0 Å². The molecule has 1 aliphatic heterocycles. The molecule has 1 aliphatic rings. The maximum absolute atomic E-state index is 14.2. The Hall–Kier alpha value is -1.28. The molecule has 1 fully saturated rings. The predicted molar refractivity (Wildman–Crippen MR) is 89.5 cm³/mol. The number of ether oxygens (including phenoxy) is 1. The standard InChI is InChI=1S/C18H27F2NO4/c1-3-4-7-25-12-8-14(19)13(15(20)9-12)5-6-21-10-16(22)18(24)17(23)11(21)2/h8-9,11,16-18,22-24H,3-7,10H2,1-2H3/t11-,16-,17+,18+/m0/s1. The normalized spacial score (nSPS) is 27.5. The van der Waals surface area contributed by atoms with E-state index in [4.69, 9.17) is 4.74 Å². The van der Waals surface area contributed by atoms with Gasteiger partial charge < -0.3 is 20.1 Å². The third kappa shape index (κ3) is 4.88. The predicted octanol–water partition coefficient (Wildman–Crippen LogP) is 1.47. The third-order valence-corrected chi connectivity index (χ3v) is 4.77. The number of unbranched alkanes of at least 4 members (excludes halogenated alkanes) is 1. The number of aliphatic hydroxyl groups is 3. The molecule has 0 amide bonds. The molecule has 5 nitrogen and oxygen atoms in total. The fraction of sp³-hybridized carbons (Fsp3) is 0.667. The van der Waals surface area contributed by atoms with Gasteiger partial charge in [0.2, 0.25) is 0 Å². The van der Waals surface area contributed by atoms with E-state index in [1.54, 1.807) is 11.8 Å². The molecule has 25 heavy (non-hydrogen) atoms. The lowest BCUT2D eigenvalue weighted by Crippen LogP contribution is -2.60. The van der Waals surface area contributed by atoms with Gasteiger partial charge in [0, 0.05) is 36.8 Å². The van der Waals surface area contributed by atoms with Crippen molar-refractivity contribution in [1.29, 1.82) is 0 Å². The number of rotatable bonds is 7. The van der Waals surface area contributed by atoms with Crippen molar-refractivity contribution in [1.82, 2.24) is 4.90 Å². The van der Waals surface area contributed by atoms with Gasteiger partial charge in [-0.3, -0.25) is 4.90 Å². The second-order valence-corrected chi connectivity index (χ2v) is 6.60. The van der Waals surface area contributed by atoms with E-state index in [9.17, 15) is 24.1 Å². The highest BCUT2D eigenvalue weighted by Crippen LogP contribution is 2.24. The van der Waals surface area contributed by atoms with Crippen LogP contribution in [0.4, 0.5) is 8.78 Å². The quantitative estimate of drug-likeness (QED) is 0.643. The molecule has 142 valence electrons. The molecule has 1 aromatic rings. The monoisotopic (exact) mass is 359 g/mol. The molecule has 0 spiro atoms. The molecule has 0 unspecified atom stereocenters. The minimum Gasteiger partial charge on any atom is -0.493 e. The highest BCUT2D eigenvalue weighted by atomic mass is 19.1. The van der Waals surface area contributed by atoms with Gasteiger partial charge in [-0.05, 0) is 19.8 Å². The summed E-state index contributed by atoms with van der Waals surface area (Å²) in [7, 11) is 0. The van der Waals surface area contributed by atoms with Crippen molar-refractivity contribution in [3.05, 3.63) is 29.3 Å². The van der Waals surface area contributed by atoms with Crippen LogP contribution >= 0.6 is 0 Å². The number of aliphatic hydroxyl groups excluding tert-OH is 3. The van der Waals surface area contributed by atoms with Crippen LogP contribution in [0.2, 0.25) is 0 Å². The van der Waals surface area contributed by atoms with Crippen LogP contribution in [0.5, 0.6) is 5.75 Å². The van der Waals surface area contributed by atoms with Gasteiger partial charge in [0.05, 0.1) is 18.8 Å². The van der Waals surface area contributed by atoms with Crippen LogP contribution in [0.15, 0.2) is 12.1 Å². The van der Waals surface area contributed by atoms with E-state index in [1.807, 2.05) is 6.92 Å². The molecule has 1 saturated heterocycles. The van der Waals surface area contributed by atoms with E-state index in [2.05, 4.69) is 0 Å². The van der Waals surface area contributed by atoms with Crippen LogP contribution in [0.25, 0.3) is 0 Å². The van der Waals surface area contributed by atoms with Gasteiger partial charge in [0.15, 0.2) is 0 Å². The van der Waals surface area contributed by atoms with E-state index in [0.717, 1.165) is 12.8 Å². The summed E-state index contributed by atoms with van der Waals surface area (Å²) in [5.74, 6) is -1.16. The number of nitrogens with zero attached hydrogens (tertiary/aromatic N) is 1. The van der Waals surface area contributed by atoms with Crippen LogP contribution in [0, 0.1) is 11.6 Å². The number of likely N-dealkylation sites (tertiary alicyclic amines) is 1. The Bertz CT molecular complexity index is 549. The molecular weight excluding hydrogens is 332 g/mol. The summed E-state index contributed by atoms with van der Waals surface area (Å²) >= 11 is 0. The molecule has 0 saturated carbocycles. The Kier molecular flexibility index (Phi) is 7.13. The Morgan fingerprint density at radius 1 is 1.16 bits per heavy atom. The van der Waals surface area contributed by atoms with Crippen LogP contribution in [-0.4, -0.2) is 64.3 Å². The summed E-state index contributed by atoms with van der Waals surface area (Å²) in [5, 5.41) is 29.3. The molecule has 7 heteroatoms. The Balaban J connectivity index is 2.00. The first-order chi connectivity index (χ1) is 11.8. The van der Waals surface area contributed by atoms with Crippen molar-refractivity contribution in [3.63, 3.8) is 0 Å². The van der Waals surface area contributed by atoms with Crippen LogP contribution in [-0.2, 0) is 6.42 Å². The van der Waals surface area contributed by atoms with E-state index in [-0.39, 0.29) is 30.8 Å². The zero-order valence-electron chi connectivity index (χ0n) is 14.7. The smallest absolute Gasteiger partial charge is 0.133 e. The van der Waals surface area contributed by atoms with Crippen molar-refractivity contribution in [2.24, 2.45) is 0 Å². The molecule has 3 N–H and O–H groups in total. The number of hydrogen-bond donors (Lipinski definition) is 3. The zero-order valence-corrected chi connectivity index (χ0v) is 14.7. The average molecular weight is 359 g/mol. The maximum atomic E-state index is 14.2. The minimum atomic E-state index is -1.21. The number of hydrogen-bond acceptors (Lipinski definition) is 5. The van der Waals surface area contributed by atoms with Gasteiger partial charge in [-0.15, -0.1) is 0 Å². The number of halogens is 2. The zero-order chi connectivity index (χ0) is 18.6. The van der Waals surface area contributed by atoms with Crippen molar-refractivity contribution in [2.75, 3.05) is 19.7 Å². The van der Waals surface area contributed by atoms with Gasteiger partial charge >= 0.3 is 0 Å². The van der Waals surface area contributed by atoms with Crippen molar-refractivity contribution in [2.45, 2.75) is 57.5 Å². The summed E-state index contributed by atoms with van der Waals surface area (Å²) in [6.07, 6.45) is -1.56. The van der Waals surface area contributed by atoms with Crippen LogP contribution in [0.1, 0.15) is 32.3 Å². The molecule has 0 aromatic heterocycles. The fourth-order valence-corrected chi connectivity index (χ4v) is 3.03. The summed E-state index contributed by atoms with van der Waals surface area (Å²) in [5.41, 5.74) is -0.0508. The first-order valence-corrected chi connectivity index (χ1v) is 8.74. The molecule has 1 aromatic carbocycles. The first kappa shape index (κ1) is 20.0. The van der Waals surface area contributed by atoms with E-state index in [0.29, 0.717) is 6.61 Å². The largest absolute Gasteiger partial charge is 0.493 e. The van der Waals surface area contributed by atoms with Crippen LogP contribution < -0.4 is 4.74 Å². The highest BCUT2D eigenvalue weighted by molar-refractivity contribution is 5.31.